The van der Waals surface area contributed by atoms with E-state index in [0.29, 0.717) is 5.69 Å². The lowest BCUT2D eigenvalue weighted by Gasteiger charge is -2.52. The van der Waals surface area contributed by atoms with Crippen molar-refractivity contribution in [3.05, 3.63) is 86.4 Å². The Hall–Kier alpha value is -2.13. The Labute approximate surface area is 280 Å². The molecule has 0 aromatic heterocycles. The van der Waals surface area contributed by atoms with Gasteiger partial charge in [0.25, 0.3) is 0 Å². The number of benzene rings is 3. The van der Waals surface area contributed by atoms with E-state index in [2.05, 4.69) is 97.1 Å². The topological polar surface area (TPSA) is 3.24 Å². The number of nitrogens with zero attached hydrogens (tertiary/aromatic N) is 1. The largest absolute Gasteiger partial charge is 0.331 e. The van der Waals surface area contributed by atoms with Crippen molar-refractivity contribution in [2.24, 2.45) is 0 Å². The quantitative estimate of drug-likeness (QED) is 0.406. The van der Waals surface area contributed by atoms with Crippen LogP contribution < -0.4 is 26.8 Å². The third kappa shape index (κ3) is 4.12. The van der Waals surface area contributed by atoms with Crippen LogP contribution in [0.25, 0.3) is 5.57 Å². The first-order chi connectivity index (χ1) is 20.5. The lowest BCUT2D eigenvalue weighted by Crippen LogP contribution is -2.54. The van der Waals surface area contributed by atoms with Crippen molar-refractivity contribution in [1.82, 2.24) is 0 Å². The average Bonchev–Trinajstić information content (AvgIpc) is 3.48. The van der Waals surface area contributed by atoms with Crippen LogP contribution in [0.1, 0.15) is 81.2 Å². The van der Waals surface area contributed by atoms with Crippen LogP contribution in [-0.4, -0.2) is 61.0 Å². The molecule has 1 nitrogen and oxygen atoms in total. The molecule has 0 N–H and O–H groups in total. The van der Waals surface area contributed by atoms with Crippen LogP contribution in [-0.2, 0) is 21.4 Å². The zero-order valence-electron chi connectivity index (χ0n) is 25.9. The van der Waals surface area contributed by atoms with Gasteiger partial charge < -0.3 is 4.90 Å². The molecule has 9 heteroatoms. The molecule has 0 heterocycles. The first-order valence-electron chi connectivity index (χ1n) is 15.3. The SMILES string of the molecule is [B]c1c([B])c(C([B])([B])[B])c([B])c([B])c1N(c1cc2c(cc1Br)C1(C)CCC2(C)CC1)C1C=C2C(=C1)C(C)(C)c1ccccc12. The highest BCUT2D eigenvalue weighted by Crippen LogP contribution is 2.58. The van der Waals surface area contributed by atoms with E-state index in [1.807, 2.05) is 0 Å². The fraction of sp³-hybridized carbons (Fsp3) is 0.371. The predicted octanol–water partition coefficient (Wildman–Crippen LogP) is 3.16. The van der Waals surface area contributed by atoms with Gasteiger partial charge in [0.15, 0.2) is 0 Å². The van der Waals surface area contributed by atoms with Gasteiger partial charge in [-0.3, -0.25) is 0 Å². The predicted molar refractivity (Wildman–Crippen MR) is 196 cm³/mol. The van der Waals surface area contributed by atoms with Gasteiger partial charge >= 0.3 is 0 Å². The second kappa shape index (κ2) is 9.69. The number of hydrogen-bond acceptors (Lipinski definition) is 1. The molecule has 3 aromatic carbocycles. The smallest absolute Gasteiger partial charge is 0.115 e. The number of halogens is 1. The Morgan fingerprint density at radius 1 is 0.750 bits per heavy atom. The Morgan fingerprint density at radius 3 is 1.86 bits per heavy atom. The molecule has 202 valence electrons. The summed E-state index contributed by atoms with van der Waals surface area (Å²) in [5.74, 6) is 0. The second-order valence-corrected chi connectivity index (χ2v) is 15.3. The summed E-state index contributed by atoms with van der Waals surface area (Å²) < 4.78 is 0.952. The van der Waals surface area contributed by atoms with Crippen molar-refractivity contribution < 1.29 is 0 Å². The van der Waals surface area contributed by atoms with Crippen LogP contribution in [0.15, 0.2) is 58.6 Å². The van der Waals surface area contributed by atoms with Crippen LogP contribution in [0.5, 0.6) is 0 Å². The highest BCUT2D eigenvalue weighted by Gasteiger charge is 2.49. The Balaban J connectivity index is 1.51. The molecule has 3 aromatic rings. The molecule has 5 aliphatic carbocycles. The van der Waals surface area contributed by atoms with Gasteiger partial charge in [0.1, 0.15) is 31.4 Å². The van der Waals surface area contributed by atoms with Gasteiger partial charge in [-0.15, -0.1) is 16.0 Å². The van der Waals surface area contributed by atoms with Crippen molar-refractivity contribution in [1.29, 1.82) is 0 Å². The Kier molecular flexibility index (Phi) is 6.73. The lowest BCUT2D eigenvalue weighted by molar-refractivity contribution is 0.187. The van der Waals surface area contributed by atoms with Crippen molar-refractivity contribution in [3.8, 4) is 0 Å². The normalized spacial score (nSPS) is 26.1. The standard InChI is InChI=1S/C35H29B7BrN/c1-32(2)20-8-6-5-7-18(20)19-13-17(14-21(19)32)44(31-29(38)27(36)26(35(40,41)42)28(37)30(31)39)25-16-23-22(15-24(25)43)33(3)9-11-34(23,4)12-10-33/h5-8,13-17H,9-12H2,1-4H3. The minimum absolute atomic E-state index is 0.0928. The number of fused-ring (bicyclic) bond motifs is 5. The zero-order chi connectivity index (χ0) is 31.7. The first kappa shape index (κ1) is 30.5. The summed E-state index contributed by atoms with van der Waals surface area (Å²) in [6.45, 7) is 9.34. The molecule has 14 radical (unpaired) electrons. The van der Waals surface area contributed by atoms with Crippen molar-refractivity contribution >= 4 is 110 Å². The third-order valence-corrected chi connectivity index (χ3v) is 11.9. The fourth-order valence-electron chi connectivity index (χ4n) is 8.51. The summed E-state index contributed by atoms with van der Waals surface area (Å²) in [5, 5.41) is -1.82. The van der Waals surface area contributed by atoms with Gasteiger partial charge in [-0.05, 0) is 104 Å². The molecule has 1 atom stereocenters. The van der Waals surface area contributed by atoms with Crippen LogP contribution >= 0.6 is 15.9 Å². The molecule has 0 spiro atoms. The molecule has 1 fully saturated rings. The number of anilines is 2. The molecular weight excluding hydrogens is 590 g/mol. The van der Waals surface area contributed by atoms with E-state index in [0.717, 1.165) is 23.0 Å². The molecule has 44 heavy (non-hydrogen) atoms. The molecule has 0 amide bonds. The molecule has 0 saturated heterocycles. The average molecular weight is 619 g/mol. The van der Waals surface area contributed by atoms with Crippen molar-refractivity contribution in [3.63, 3.8) is 0 Å². The van der Waals surface area contributed by atoms with Crippen molar-refractivity contribution in [2.75, 3.05) is 4.90 Å². The number of allylic oxidation sites excluding steroid dienone is 2. The summed E-state index contributed by atoms with van der Waals surface area (Å²) in [4.78, 5) is 2.17. The van der Waals surface area contributed by atoms with E-state index < -0.39 is 5.11 Å². The van der Waals surface area contributed by atoms with Gasteiger partial charge in [0.05, 0.1) is 35.3 Å². The van der Waals surface area contributed by atoms with E-state index in [1.54, 1.807) is 0 Å². The third-order valence-electron chi connectivity index (χ3n) is 11.2. The van der Waals surface area contributed by atoms with Crippen LogP contribution in [0.2, 0.25) is 0 Å². The van der Waals surface area contributed by atoms with E-state index >= 15 is 0 Å². The molecule has 2 bridgehead atoms. The molecule has 0 aliphatic heterocycles. The summed E-state index contributed by atoms with van der Waals surface area (Å²) in [5.41, 5.74) is 10.2. The van der Waals surface area contributed by atoms with E-state index in [9.17, 15) is 0 Å². The fourth-order valence-corrected chi connectivity index (χ4v) is 9.05. The van der Waals surface area contributed by atoms with Crippen LogP contribution in [0, 0.1) is 0 Å². The number of rotatable bonds is 4. The van der Waals surface area contributed by atoms with Gasteiger partial charge in [0.2, 0.25) is 0 Å². The summed E-state index contributed by atoms with van der Waals surface area (Å²) in [6.07, 6.45) is 9.30. The van der Waals surface area contributed by atoms with E-state index in [-0.39, 0.29) is 49.7 Å². The second-order valence-electron chi connectivity index (χ2n) is 14.5. The molecule has 5 aliphatic rings. The van der Waals surface area contributed by atoms with Crippen molar-refractivity contribution in [2.45, 2.75) is 80.8 Å². The minimum Gasteiger partial charge on any atom is -0.331 e. The maximum Gasteiger partial charge on any atom is 0.115 e. The first-order valence-corrected chi connectivity index (χ1v) is 16.1. The highest BCUT2D eigenvalue weighted by molar-refractivity contribution is 9.10. The maximum atomic E-state index is 6.87. The molecule has 1 unspecified atom stereocenters. The lowest BCUT2D eigenvalue weighted by atomic mass is 9.37. The van der Waals surface area contributed by atoms with E-state index in [1.165, 1.54) is 46.2 Å². The van der Waals surface area contributed by atoms with Gasteiger partial charge in [-0.25, -0.2) is 0 Å². The summed E-state index contributed by atoms with van der Waals surface area (Å²) >= 11 is 3.99. The maximum absolute atomic E-state index is 6.87. The molecule has 1 saturated carbocycles. The minimum atomic E-state index is -1.82. The van der Waals surface area contributed by atoms with Gasteiger partial charge in [-0.2, -0.15) is 0 Å². The van der Waals surface area contributed by atoms with E-state index in [4.69, 9.17) is 54.9 Å². The van der Waals surface area contributed by atoms with Gasteiger partial charge in [-0.1, -0.05) is 74.5 Å². The summed E-state index contributed by atoms with van der Waals surface area (Å²) in [6, 6.07) is 13.0. The Morgan fingerprint density at radius 2 is 1.30 bits per heavy atom. The summed E-state index contributed by atoms with van der Waals surface area (Å²) in [7, 11) is 45.3. The molecule has 8 rings (SSSR count). The monoisotopic (exact) mass is 619 g/mol. The van der Waals surface area contributed by atoms with Gasteiger partial charge in [0, 0.05) is 15.6 Å². The van der Waals surface area contributed by atoms with Crippen LogP contribution in [0.4, 0.5) is 11.4 Å². The zero-order valence-corrected chi connectivity index (χ0v) is 27.5. The highest BCUT2D eigenvalue weighted by atomic mass is 79.9. The molecular formula is C35H29B7BrN. The number of hydrogen-bond donors (Lipinski definition) is 0. The van der Waals surface area contributed by atoms with Crippen LogP contribution in [0.3, 0.4) is 0 Å². The Bertz CT molecular complexity index is 1800.